The first-order chi connectivity index (χ1) is 14.1. The molecular formula is C19H18ClF3N4O3. The Kier molecular flexibility index (Phi) is 6.16. The van der Waals surface area contributed by atoms with E-state index in [4.69, 9.17) is 11.6 Å². The Labute approximate surface area is 175 Å². The largest absolute Gasteiger partial charge is 0.418 e. The monoisotopic (exact) mass is 442 g/mol. The third kappa shape index (κ3) is 4.81. The summed E-state index contributed by atoms with van der Waals surface area (Å²) < 4.78 is 39.1. The lowest BCUT2D eigenvalue weighted by Gasteiger charge is -2.32. The number of rotatable bonds is 4. The molecule has 0 atom stereocenters. The van der Waals surface area contributed by atoms with E-state index in [0.717, 1.165) is 11.8 Å². The SMILES string of the molecule is Cc1cccc(NC(=O)C2CCN(c3cc(Cl)c(C(F)(F)F)cc3[N+](=O)[O-])CC2)n1. The number of carbonyl (C=O) groups excluding carboxylic acids is 1. The van der Waals surface area contributed by atoms with Gasteiger partial charge in [-0.15, -0.1) is 0 Å². The fraction of sp³-hybridized carbons (Fsp3) is 0.368. The second-order valence-electron chi connectivity index (χ2n) is 6.99. The molecule has 0 spiro atoms. The van der Waals surface area contributed by atoms with Crippen LogP contribution in [0.2, 0.25) is 5.02 Å². The molecule has 0 unspecified atom stereocenters. The van der Waals surface area contributed by atoms with Crippen LogP contribution >= 0.6 is 11.6 Å². The van der Waals surface area contributed by atoms with Gasteiger partial charge in [-0.1, -0.05) is 17.7 Å². The first-order valence-electron chi connectivity index (χ1n) is 9.11. The first-order valence-corrected chi connectivity index (χ1v) is 9.48. The normalized spacial score (nSPS) is 15.2. The van der Waals surface area contributed by atoms with Gasteiger partial charge < -0.3 is 10.2 Å². The van der Waals surface area contributed by atoms with Crippen LogP contribution in [0.15, 0.2) is 30.3 Å². The molecule has 1 N–H and O–H groups in total. The second-order valence-corrected chi connectivity index (χ2v) is 7.40. The molecule has 1 aromatic heterocycles. The highest BCUT2D eigenvalue weighted by molar-refractivity contribution is 6.31. The quantitative estimate of drug-likeness (QED) is 0.541. The van der Waals surface area contributed by atoms with Crippen LogP contribution in [0.25, 0.3) is 0 Å². The van der Waals surface area contributed by atoms with Crippen molar-refractivity contribution < 1.29 is 22.9 Å². The molecule has 1 aromatic carbocycles. The van der Waals surface area contributed by atoms with Gasteiger partial charge >= 0.3 is 6.18 Å². The third-order valence-electron chi connectivity index (χ3n) is 4.91. The van der Waals surface area contributed by atoms with Crippen LogP contribution in [-0.2, 0) is 11.0 Å². The summed E-state index contributed by atoms with van der Waals surface area (Å²) in [7, 11) is 0. The number of nitro groups is 1. The highest BCUT2D eigenvalue weighted by Crippen LogP contribution is 2.42. The van der Waals surface area contributed by atoms with E-state index in [9.17, 15) is 28.1 Å². The number of aromatic nitrogens is 1. The molecule has 0 bridgehead atoms. The summed E-state index contributed by atoms with van der Waals surface area (Å²) in [5.41, 5.74) is -1.15. The van der Waals surface area contributed by atoms with E-state index in [-0.39, 0.29) is 30.6 Å². The van der Waals surface area contributed by atoms with Gasteiger partial charge in [0.25, 0.3) is 5.69 Å². The van der Waals surface area contributed by atoms with E-state index in [1.807, 2.05) is 0 Å². The van der Waals surface area contributed by atoms with Crippen molar-refractivity contribution in [1.82, 2.24) is 4.98 Å². The molecule has 11 heteroatoms. The Morgan fingerprint density at radius 2 is 1.97 bits per heavy atom. The summed E-state index contributed by atoms with van der Waals surface area (Å²) in [6, 6.07) is 6.68. The van der Waals surface area contributed by atoms with E-state index in [2.05, 4.69) is 10.3 Å². The van der Waals surface area contributed by atoms with E-state index in [1.165, 1.54) is 0 Å². The topological polar surface area (TPSA) is 88.4 Å². The standard InChI is InChI=1S/C19H18ClF3N4O3/c1-11-3-2-4-17(24-11)25-18(28)12-5-7-26(8-6-12)15-10-14(20)13(19(21,22)23)9-16(15)27(29)30/h2-4,9-10,12H,5-8H2,1H3,(H,24,25,28). The van der Waals surface area contributed by atoms with Gasteiger partial charge in [0.1, 0.15) is 11.5 Å². The average Bonchev–Trinajstić information content (AvgIpc) is 2.66. The number of halogens is 4. The van der Waals surface area contributed by atoms with E-state index in [0.29, 0.717) is 24.7 Å². The van der Waals surface area contributed by atoms with Gasteiger partial charge in [0.2, 0.25) is 5.91 Å². The summed E-state index contributed by atoms with van der Waals surface area (Å²) in [6.45, 7) is 2.33. The maximum Gasteiger partial charge on any atom is 0.418 e. The van der Waals surface area contributed by atoms with Gasteiger partial charge in [0, 0.05) is 30.8 Å². The summed E-state index contributed by atoms with van der Waals surface area (Å²) in [4.78, 5) is 28.8. The zero-order valence-corrected chi connectivity index (χ0v) is 16.6. The Hall–Kier alpha value is -2.88. The number of aryl methyl sites for hydroxylation is 1. The number of pyridine rings is 1. The molecule has 1 aliphatic rings. The van der Waals surface area contributed by atoms with Crippen molar-refractivity contribution in [2.75, 3.05) is 23.3 Å². The van der Waals surface area contributed by atoms with Crippen molar-refractivity contribution in [3.63, 3.8) is 0 Å². The minimum atomic E-state index is -4.80. The van der Waals surface area contributed by atoms with E-state index < -0.39 is 27.4 Å². The smallest absolute Gasteiger partial charge is 0.366 e. The fourth-order valence-electron chi connectivity index (χ4n) is 3.39. The number of nitro benzene ring substituents is 1. The summed E-state index contributed by atoms with van der Waals surface area (Å²) in [5, 5.41) is 13.5. The van der Waals surface area contributed by atoms with Gasteiger partial charge in [0.15, 0.2) is 0 Å². The lowest BCUT2D eigenvalue weighted by Crippen LogP contribution is -2.38. The first kappa shape index (κ1) is 21.8. The molecule has 1 aliphatic heterocycles. The number of nitrogens with zero attached hydrogens (tertiary/aromatic N) is 3. The molecule has 1 amide bonds. The Morgan fingerprint density at radius 1 is 1.30 bits per heavy atom. The zero-order valence-electron chi connectivity index (χ0n) is 15.9. The number of amides is 1. The third-order valence-corrected chi connectivity index (χ3v) is 5.23. The van der Waals surface area contributed by atoms with Gasteiger partial charge in [-0.3, -0.25) is 14.9 Å². The summed E-state index contributed by atoms with van der Waals surface area (Å²) >= 11 is 5.75. The molecule has 0 saturated carbocycles. The minimum Gasteiger partial charge on any atom is -0.366 e. The second kappa shape index (κ2) is 8.47. The number of hydrogen-bond donors (Lipinski definition) is 1. The van der Waals surface area contributed by atoms with E-state index >= 15 is 0 Å². The van der Waals surface area contributed by atoms with Crippen LogP contribution in [0.1, 0.15) is 24.1 Å². The Bertz CT molecular complexity index is 976. The van der Waals surface area contributed by atoms with Crippen molar-refractivity contribution in [2.45, 2.75) is 25.9 Å². The average molecular weight is 443 g/mol. The van der Waals surface area contributed by atoms with Gasteiger partial charge in [-0.05, 0) is 38.0 Å². The molecule has 0 radical (unpaired) electrons. The van der Waals surface area contributed by atoms with Gasteiger partial charge in [-0.2, -0.15) is 13.2 Å². The summed E-state index contributed by atoms with van der Waals surface area (Å²) in [5.74, 6) is -0.118. The predicted molar refractivity (Wildman–Crippen MR) is 106 cm³/mol. The van der Waals surface area contributed by atoms with Crippen molar-refractivity contribution in [3.05, 3.63) is 56.7 Å². The number of benzene rings is 1. The Morgan fingerprint density at radius 3 is 2.53 bits per heavy atom. The molecule has 1 fully saturated rings. The maximum absolute atomic E-state index is 13.0. The van der Waals surface area contributed by atoms with Crippen molar-refractivity contribution >= 4 is 34.7 Å². The Balaban J connectivity index is 1.73. The number of piperidine rings is 1. The minimum absolute atomic E-state index is 0.0113. The van der Waals surface area contributed by atoms with Crippen LogP contribution in [0, 0.1) is 23.0 Å². The van der Waals surface area contributed by atoms with Crippen molar-refractivity contribution in [3.8, 4) is 0 Å². The fourth-order valence-corrected chi connectivity index (χ4v) is 3.66. The molecule has 7 nitrogen and oxygen atoms in total. The summed E-state index contributed by atoms with van der Waals surface area (Å²) in [6.07, 6.45) is -4.03. The van der Waals surface area contributed by atoms with Crippen LogP contribution in [0.5, 0.6) is 0 Å². The zero-order chi connectivity index (χ0) is 22.1. The number of hydrogen-bond acceptors (Lipinski definition) is 5. The van der Waals surface area contributed by atoms with Crippen LogP contribution in [-0.4, -0.2) is 28.9 Å². The van der Waals surface area contributed by atoms with Crippen molar-refractivity contribution in [2.24, 2.45) is 5.92 Å². The number of anilines is 2. The molecule has 160 valence electrons. The van der Waals surface area contributed by atoms with Crippen LogP contribution in [0.3, 0.4) is 0 Å². The van der Waals surface area contributed by atoms with Crippen LogP contribution in [0.4, 0.5) is 30.4 Å². The molecule has 3 rings (SSSR count). The predicted octanol–water partition coefficient (Wildman–Crippen LogP) is 4.83. The van der Waals surface area contributed by atoms with Crippen molar-refractivity contribution in [1.29, 1.82) is 0 Å². The van der Waals surface area contributed by atoms with Gasteiger partial charge in [-0.25, -0.2) is 4.98 Å². The van der Waals surface area contributed by atoms with E-state index in [1.54, 1.807) is 30.0 Å². The highest BCUT2D eigenvalue weighted by Gasteiger charge is 2.37. The van der Waals surface area contributed by atoms with Gasteiger partial charge in [0.05, 0.1) is 15.5 Å². The molecular weight excluding hydrogens is 425 g/mol. The lowest BCUT2D eigenvalue weighted by atomic mass is 9.95. The molecule has 0 aliphatic carbocycles. The molecule has 1 saturated heterocycles. The number of alkyl halides is 3. The number of carbonyl (C=O) groups is 1. The maximum atomic E-state index is 13.0. The molecule has 30 heavy (non-hydrogen) atoms. The molecule has 2 aromatic rings. The molecule has 2 heterocycles. The van der Waals surface area contributed by atoms with Crippen LogP contribution < -0.4 is 10.2 Å². The lowest BCUT2D eigenvalue weighted by molar-refractivity contribution is -0.384. The highest BCUT2D eigenvalue weighted by atomic mass is 35.5. The number of nitrogens with one attached hydrogen (secondary N) is 1.